The van der Waals surface area contributed by atoms with Crippen molar-refractivity contribution in [1.82, 2.24) is 0 Å². The van der Waals surface area contributed by atoms with E-state index < -0.39 is 11.9 Å². The molecule has 0 aliphatic rings. The third-order valence-corrected chi connectivity index (χ3v) is 3.88. The maximum absolute atomic E-state index is 13.3. The van der Waals surface area contributed by atoms with Crippen LogP contribution in [0.25, 0.3) is 0 Å². The summed E-state index contributed by atoms with van der Waals surface area (Å²) in [7, 11) is 0. The Morgan fingerprint density at radius 2 is 2.10 bits per heavy atom. The largest absolute Gasteiger partial charge is 0.387 e. The van der Waals surface area contributed by atoms with Crippen molar-refractivity contribution in [3.05, 3.63) is 62.8 Å². The quantitative estimate of drug-likeness (QED) is 0.846. The van der Waals surface area contributed by atoms with Crippen LogP contribution in [0.2, 0.25) is 5.02 Å². The second-order valence-electron chi connectivity index (χ2n) is 4.38. The molecule has 0 radical (unpaired) electrons. The Hall–Kier alpha value is -1.61. The molecule has 3 nitrogen and oxygen atoms in total. The number of anilines is 1. The Labute approximate surface area is 135 Å². The fourth-order valence-electron chi connectivity index (χ4n) is 1.77. The van der Waals surface area contributed by atoms with E-state index in [4.69, 9.17) is 16.9 Å². The van der Waals surface area contributed by atoms with Gasteiger partial charge in [0, 0.05) is 16.7 Å². The molecule has 21 heavy (non-hydrogen) atoms. The van der Waals surface area contributed by atoms with Gasteiger partial charge in [0.15, 0.2) is 0 Å². The minimum atomic E-state index is -0.876. The molecule has 0 fully saturated rings. The van der Waals surface area contributed by atoms with Crippen LogP contribution < -0.4 is 5.32 Å². The van der Waals surface area contributed by atoms with Gasteiger partial charge in [-0.05, 0) is 51.8 Å². The molecule has 0 amide bonds. The summed E-state index contributed by atoms with van der Waals surface area (Å²) in [6, 6.07) is 11.3. The molecule has 0 aliphatic heterocycles. The zero-order chi connectivity index (χ0) is 15.4. The first-order valence-electron chi connectivity index (χ1n) is 6.08. The summed E-state index contributed by atoms with van der Waals surface area (Å²) in [6.45, 7) is 0.200. The van der Waals surface area contributed by atoms with Gasteiger partial charge in [-0.25, -0.2) is 4.39 Å². The van der Waals surface area contributed by atoms with E-state index in [0.29, 0.717) is 11.1 Å². The summed E-state index contributed by atoms with van der Waals surface area (Å²) in [6.07, 6.45) is -0.876. The lowest BCUT2D eigenvalue weighted by Crippen LogP contribution is -2.12. The van der Waals surface area contributed by atoms with Gasteiger partial charge in [0.1, 0.15) is 5.82 Å². The fraction of sp³-hybridized carbons (Fsp3) is 0.133. The van der Waals surface area contributed by atoms with Gasteiger partial charge in [-0.15, -0.1) is 0 Å². The normalized spacial score (nSPS) is 11.8. The average Bonchev–Trinajstić information content (AvgIpc) is 2.48. The SMILES string of the molecule is N#Cc1ccc(NCC(O)c2ccc(Cl)c(F)c2)c(Br)c1. The van der Waals surface area contributed by atoms with E-state index in [1.54, 1.807) is 24.3 Å². The third-order valence-electron chi connectivity index (χ3n) is 2.91. The van der Waals surface area contributed by atoms with Crippen molar-refractivity contribution in [3.63, 3.8) is 0 Å². The summed E-state index contributed by atoms with van der Waals surface area (Å²) >= 11 is 8.95. The van der Waals surface area contributed by atoms with Gasteiger partial charge in [0.25, 0.3) is 0 Å². The van der Waals surface area contributed by atoms with Gasteiger partial charge < -0.3 is 10.4 Å². The predicted molar refractivity (Wildman–Crippen MR) is 83.7 cm³/mol. The van der Waals surface area contributed by atoms with Gasteiger partial charge in [-0.3, -0.25) is 0 Å². The molecule has 2 aromatic rings. The average molecular weight is 370 g/mol. The first-order chi connectivity index (χ1) is 10.0. The number of aliphatic hydroxyl groups excluding tert-OH is 1. The Morgan fingerprint density at radius 1 is 1.33 bits per heavy atom. The highest BCUT2D eigenvalue weighted by Crippen LogP contribution is 2.25. The van der Waals surface area contributed by atoms with E-state index in [-0.39, 0.29) is 11.6 Å². The second kappa shape index (κ2) is 6.90. The smallest absolute Gasteiger partial charge is 0.142 e. The number of halogens is 3. The summed E-state index contributed by atoms with van der Waals surface area (Å²) < 4.78 is 14.1. The first kappa shape index (κ1) is 15.8. The number of aliphatic hydroxyl groups is 1. The summed E-state index contributed by atoms with van der Waals surface area (Å²) in [5.74, 6) is -0.562. The molecule has 0 saturated heterocycles. The van der Waals surface area contributed by atoms with Crippen LogP contribution in [-0.4, -0.2) is 11.7 Å². The summed E-state index contributed by atoms with van der Waals surface area (Å²) in [5.41, 5.74) is 1.71. The maximum atomic E-state index is 13.3. The van der Waals surface area contributed by atoms with E-state index in [1.807, 2.05) is 6.07 Å². The lowest BCUT2D eigenvalue weighted by molar-refractivity contribution is 0.191. The van der Waals surface area contributed by atoms with Crippen molar-refractivity contribution in [2.24, 2.45) is 0 Å². The van der Waals surface area contributed by atoms with Crippen molar-refractivity contribution in [2.45, 2.75) is 6.10 Å². The van der Waals surface area contributed by atoms with Crippen LogP contribution >= 0.6 is 27.5 Å². The molecule has 1 unspecified atom stereocenters. The number of hydrogen-bond donors (Lipinski definition) is 2. The van der Waals surface area contributed by atoms with Crippen LogP contribution in [0.4, 0.5) is 10.1 Å². The molecule has 0 heterocycles. The highest BCUT2D eigenvalue weighted by atomic mass is 79.9. The van der Waals surface area contributed by atoms with E-state index in [9.17, 15) is 9.50 Å². The second-order valence-corrected chi connectivity index (χ2v) is 5.64. The molecule has 108 valence electrons. The molecule has 0 bridgehead atoms. The first-order valence-corrected chi connectivity index (χ1v) is 7.25. The fourth-order valence-corrected chi connectivity index (χ4v) is 2.41. The highest BCUT2D eigenvalue weighted by Gasteiger charge is 2.11. The lowest BCUT2D eigenvalue weighted by Gasteiger charge is -2.14. The van der Waals surface area contributed by atoms with E-state index in [0.717, 1.165) is 10.2 Å². The lowest BCUT2D eigenvalue weighted by atomic mass is 10.1. The van der Waals surface area contributed by atoms with Crippen molar-refractivity contribution in [1.29, 1.82) is 5.26 Å². The van der Waals surface area contributed by atoms with Gasteiger partial charge in [0.05, 0.1) is 22.8 Å². The zero-order valence-corrected chi connectivity index (χ0v) is 13.1. The number of nitrogens with one attached hydrogen (secondary N) is 1. The highest BCUT2D eigenvalue weighted by molar-refractivity contribution is 9.10. The molecule has 0 spiro atoms. The predicted octanol–water partition coefficient (Wildman–Crippen LogP) is 4.26. The number of rotatable bonds is 4. The molecular formula is C15H11BrClFN2O. The van der Waals surface area contributed by atoms with Gasteiger partial charge in [-0.2, -0.15) is 5.26 Å². The minimum Gasteiger partial charge on any atom is -0.387 e. The number of nitrogens with zero attached hydrogens (tertiary/aromatic N) is 1. The van der Waals surface area contributed by atoms with Crippen molar-refractivity contribution >= 4 is 33.2 Å². The standard InChI is InChI=1S/C15H11BrClFN2O/c16-11-5-9(7-19)1-4-14(11)20-8-15(21)10-2-3-12(17)13(18)6-10/h1-6,15,20-21H,8H2. The molecule has 2 N–H and O–H groups in total. The van der Waals surface area contributed by atoms with E-state index in [1.165, 1.54) is 12.1 Å². The Bertz CT molecular complexity index is 703. The summed E-state index contributed by atoms with van der Waals surface area (Å²) in [5, 5.41) is 21.9. The van der Waals surface area contributed by atoms with Gasteiger partial charge in [-0.1, -0.05) is 17.7 Å². The molecule has 2 rings (SSSR count). The zero-order valence-electron chi connectivity index (χ0n) is 10.8. The van der Waals surface area contributed by atoms with Gasteiger partial charge in [0.2, 0.25) is 0 Å². The van der Waals surface area contributed by atoms with Crippen LogP contribution in [0.1, 0.15) is 17.2 Å². The molecule has 2 aromatic carbocycles. The van der Waals surface area contributed by atoms with Crippen molar-refractivity contribution in [3.8, 4) is 6.07 Å². The molecule has 1 atom stereocenters. The molecule has 0 aliphatic carbocycles. The molecule has 0 aromatic heterocycles. The number of hydrogen-bond acceptors (Lipinski definition) is 3. The van der Waals surface area contributed by atoms with E-state index >= 15 is 0 Å². The Morgan fingerprint density at radius 3 is 2.71 bits per heavy atom. The summed E-state index contributed by atoms with van der Waals surface area (Å²) in [4.78, 5) is 0. The van der Waals surface area contributed by atoms with Crippen molar-refractivity contribution in [2.75, 3.05) is 11.9 Å². The van der Waals surface area contributed by atoms with Crippen LogP contribution in [-0.2, 0) is 0 Å². The Balaban J connectivity index is 2.05. The number of nitriles is 1. The molecule has 0 saturated carbocycles. The van der Waals surface area contributed by atoms with Crippen LogP contribution in [0.15, 0.2) is 40.9 Å². The minimum absolute atomic E-state index is 0.0220. The van der Waals surface area contributed by atoms with Gasteiger partial charge >= 0.3 is 0 Å². The topological polar surface area (TPSA) is 56.0 Å². The molecule has 6 heteroatoms. The Kier molecular flexibility index (Phi) is 5.18. The van der Waals surface area contributed by atoms with E-state index in [2.05, 4.69) is 21.2 Å². The van der Waals surface area contributed by atoms with Crippen LogP contribution in [0, 0.1) is 17.1 Å². The third kappa shape index (κ3) is 3.94. The number of benzene rings is 2. The van der Waals surface area contributed by atoms with Crippen LogP contribution in [0.3, 0.4) is 0 Å². The molecular weight excluding hydrogens is 359 g/mol. The maximum Gasteiger partial charge on any atom is 0.142 e. The van der Waals surface area contributed by atoms with Crippen LogP contribution in [0.5, 0.6) is 0 Å². The van der Waals surface area contributed by atoms with Crippen molar-refractivity contribution < 1.29 is 9.50 Å². The monoisotopic (exact) mass is 368 g/mol.